The molecule has 93 valence electrons. The highest BCUT2D eigenvalue weighted by Crippen LogP contribution is 2.23. The Morgan fingerprint density at radius 1 is 1.44 bits per heavy atom. The summed E-state index contributed by atoms with van der Waals surface area (Å²) in [6, 6.07) is 7.84. The van der Waals surface area contributed by atoms with E-state index in [2.05, 4.69) is 10.3 Å². The number of nitrogens with zero attached hydrogens (tertiary/aromatic N) is 1. The summed E-state index contributed by atoms with van der Waals surface area (Å²) in [5, 5.41) is 5.50. The number of nitrogens with one attached hydrogen (secondary N) is 1. The zero-order valence-electron chi connectivity index (χ0n) is 9.85. The number of H-pyrrole nitrogens is 1. The Bertz CT molecular complexity index is 585. The van der Waals surface area contributed by atoms with Gasteiger partial charge in [-0.3, -0.25) is 4.79 Å². The molecule has 0 saturated carbocycles. The molecular weight excluding hydrogens is 230 g/mol. The van der Waals surface area contributed by atoms with Crippen LogP contribution in [0.25, 0.3) is 10.9 Å². The van der Waals surface area contributed by atoms with Gasteiger partial charge < -0.3 is 15.5 Å². The molecular formula is C13H14N3O2. The van der Waals surface area contributed by atoms with Crippen molar-refractivity contribution in [1.29, 1.82) is 0 Å². The van der Waals surface area contributed by atoms with Crippen LogP contribution in [-0.4, -0.2) is 30.6 Å². The Morgan fingerprint density at radius 3 is 3.06 bits per heavy atom. The molecule has 0 aliphatic carbocycles. The minimum atomic E-state index is -0.446. The molecule has 1 amide bonds. The summed E-state index contributed by atoms with van der Waals surface area (Å²) >= 11 is 0. The van der Waals surface area contributed by atoms with Gasteiger partial charge in [-0.25, -0.2) is 5.32 Å². The van der Waals surface area contributed by atoms with E-state index in [-0.39, 0.29) is 6.04 Å². The Balaban J connectivity index is 1.96. The number of hydrogen-bond donors (Lipinski definition) is 2. The number of fused-ring (bicyclic) bond motifs is 1. The van der Waals surface area contributed by atoms with Gasteiger partial charge >= 0.3 is 0 Å². The fraction of sp³-hybridized carbons (Fsp3) is 0.308. The van der Waals surface area contributed by atoms with Crippen molar-refractivity contribution >= 4 is 16.8 Å². The van der Waals surface area contributed by atoms with Crippen LogP contribution in [-0.2, 0) is 4.74 Å². The fourth-order valence-corrected chi connectivity index (χ4v) is 2.21. The second-order valence-electron chi connectivity index (χ2n) is 4.39. The van der Waals surface area contributed by atoms with Crippen molar-refractivity contribution in [2.24, 2.45) is 5.73 Å². The van der Waals surface area contributed by atoms with E-state index in [4.69, 9.17) is 10.5 Å². The molecule has 5 heteroatoms. The van der Waals surface area contributed by atoms with Crippen molar-refractivity contribution in [3.63, 3.8) is 0 Å². The zero-order valence-corrected chi connectivity index (χ0v) is 9.85. The first-order chi connectivity index (χ1) is 8.74. The lowest BCUT2D eigenvalue weighted by molar-refractivity contribution is 0.0745. The molecule has 0 bridgehead atoms. The Hall–Kier alpha value is -1.85. The van der Waals surface area contributed by atoms with Crippen molar-refractivity contribution in [2.45, 2.75) is 6.04 Å². The number of aromatic amines is 1. The van der Waals surface area contributed by atoms with Crippen molar-refractivity contribution in [1.82, 2.24) is 10.3 Å². The zero-order chi connectivity index (χ0) is 12.5. The van der Waals surface area contributed by atoms with Crippen LogP contribution in [0.15, 0.2) is 24.3 Å². The molecule has 1 aliphatic heterocycles. The third-order valence-electron chi connectivity index (χ3n) is 3.16. The summed E-state index contributed by atoms with van der Waals surface area (Å²) < 4.78 is 5.42. The van der Waals surface area contributed by atoms with Gasteiger partial charge in [-0.15, -0.1) is 0 Å². The largest absolute Gasteiger partial charge is 0.378 e. The van der Waals surface area contributed by atoms with Crippen LogP contribution in [0, 0.1) is 0 Å². The Morgan fingerprint density at radius 2 is 2.33 bits per heavy atom. The maximum Gasteiger partial charge on any atom is 0.265 e. The smallest absolute Gasteiger partial charge is 0.265 e. The minimum absolute atomic E-state index is 0.0927. The van der Waals surface area contributed by atoms with Crippen LogP contribution in [0.5, 0.6) is 0 Å². The van der Waals surface area contributed by atoms with Crippen LogP contribution in [0.2, 0.25) is 0 Å². The summed E-state index contributed by atoms with van der Waals surface area (Å²) in [6.45, 7) is 2.07. The number of hydrogen-bond acceptors (Lipinski definition) is 2. The van der Waals surface area contributed by atoms with Gasteiger partial charge in [0.25, 0.3) is 5.91 Å². The molecule has 1 atom stereocenters. The first-order valence-corrected chi connectivity index (χ1v) is 5.91. The number of ether oxygens (including phenoxy) is 1. The van der Waals surface area contributed by atoms with Crippen LogP contribution in [0.4, 0.5) is 0 Å². The van der Waals surface area contributed by atoms with Gasteiger partial charge in [0.15, 0.2) is 0 Å². The number of carbonyl (C=O) groups is 1. The molecule has 1 unspecified atom stereocenters. The predicted octanol–water partition coefficient (Wildman–Crippen LogP) is 0.942. The predicted molar refractivity (Wildman–Crippen MR) is 67.4 cm³/mol. The van der Waals surface area contributed by atoms with Crippen LogP contribution < -0.4 is 11.1 Å². The number of rotatable bonds is 2. The van der Waals surface area contributed by atoms with E-state index in [1.165, 1.54) is 0 Å². The van der Waals surface area contributed by atoms with Crippen LogP contribution in [0.1, 0.15) is 22.1 Å². The average Bonchev–Trinajstić information content (AvgIpc) is 2.82. The van der Waals surface area contributed by atoms with E-state index in [0.29, 0.717) is 18.9 Å². The fourth-order valence-electron chi connectivity index (χ4n) is 2.21. The van der Waals surface area contributed by atoms with Gasteiger partial charge in [0.2, 0.25) is 0 Å². The summed E-state index contributed by atoms with van der Waals surface area (Å²) in [5.74, 6) is -0.446. The molecule has 3 N–H and O–H groups in total. The molecule has 1 radical (unpaired) electrons. The molecule has 0 spiro atoms. The highest BCUT2D eigenvalue weighted by atomic mass is 16.5. The molecule has 18 heavy (non-hydrogen) atoms. The molecule has 2 aromatic rings. The first-order valence-electron chi connectivity index (χ1n) is 5.91. The topological polar surface area (TPSA) is 82.2 Å². The second kappa shape index (κ2) is 4.44. The number of nitrogens with two attached hydrogens (primary N) is 1. The number of benzene rings is 1. The minimum Gasteiger partial charge on any atom is -0.378 e. The van der Waals surface area contributed by atoms with Crippen molar-refractivity contribution in [2.75, 3.05) is 19.8 Å². The van der Waals surface area contributed by atoms with E-state index in [9.17, 15) is 4.79 Å². The average molecular weight is 244 g/mol. The van der Waals surface area contributed by atoms with Gasteiger partial charge in [-0.05, 0) is 23.8 Å². The maximum absolute atomic E-state index is 11.1. The van der Waals surface area contributed by atoms with Gasteiger partial charge in [-0.1, -0.05) is 6.07 Å². The second-order valence-corrected chi connectivity index (χ2v) is 4.39. The molecule has 1 aromatic heterocycles. The molecule has 1 fully saturated rings. The molecule has 1 aliphatic rings. The van der Waals surface area contributed by atoms with E-state index in [0.717, 1.165) is 23.0 Å². The number of amides is 1. The first kappa shape index (κ1) is 11.3. The molecule has 3 rings (SSSR count). The molecule has 1 saturated heterocycles. The standard InChI is InChI=1S/C13H14N3O2/c14-13(17)11-6-9-5-8(1-2-10(9)16-11)12-7-18-4-3-15-12/h1-2,5-6,12,16H,3-4,7H2,(H2,14,17). The SMILES string of the molecule is NC(=O)c1cc2cc(C3COCC[N]3)ccc2[nH]1. The third-order valence-corrected chi connectivity index (χ3v) is 3.16. The van der Waals surface area contributed by atoms with E-state index in [1.807, 2.05) is 18.2 Å². The monoisotopic (exact) mass is 244 g/mol. The van der Waals surface area contributed by atoms with Crippen molar-refractivity contribution in [3.8, 4) is 0 Å². The Labute approximate surface area is 104 Å². The Kier molecular flexibility index (Phi) is 2.77. The lowest BCUT2D eigenvalue weighted by atomic mass is 10.0. The lowest BCUT2D eigenvalue weighted by Gasteiger charge is -2.22. The number of primary amides is 1. The van der Waals surface area contributed by atoms with Crippen molar-refractivity contribution in [3.05, 3.63) is 35.5 Å². The van der Waals surface area contributed by atoms with Gasteiger partial charge in [0, 0.05) is 17.4 Å². The van der Waals surface area contributed by atoms with Gasteiger partial charge in [-0.2, -0.15) is 0 Å². The summed E-state index contributed by atoms with van der Waals surface area (Å²) in [5.41, 5.74) is 7.69. The van der Waals surface area contributed by atoms with E-state index < -0.39 is 5.91 Å². The molecule has 1 aromatic carbocycles. The number of morpholine rings is 1. The summed E-state index contributed by atoms with van der Waals surface area (Å²) in [4.78, 5) is 14.1. The highest BCUT2D eigenvalue weighted by Gasteiger charge is 2.17. The third kappa shape index (κ3) is 1.98. The van der Waals surface area contributed by atoms with Crippen LogP contribution >= 0.6 is 0 Å². The number of carbonyl (C=O) groups excluding carboxylic acids is 1. The summed E-state index contributed by atoms with van der Waals surface area (Å²) in [7, 11) is 0. The quantitative estimate of drug-likeness (QED) is 0.824. The highest BCUT2D eigenvalue weighted by molar-refractivity contribution is 5.97. The molecule has 5 nitrogen and oxygen atoms in total. The van der Waals surface area contributed by atoms with E-state index >= 15 is 0 Å². The van der Waals surface area contributed by atoms with E-state index in [1.54, 1.807) is 6.07 Å². The van der Waals surface area contributed by atoms with Gasteiger partial charge in [0.05, 0.1) is 19.3 Å². The molecule has 2 heterocycles. The normalized spacial score (nSPS) is 20.1. The van der Waals surface area contributed by atoms with Crippen LogP contribution in [0.3, 0.4) is 0 Å². The van der Waals surface area contributed by atoms with Crippen molar-refractivity contribution < 1.29 is 9.53 Å². The maximum atomic E-state index is 11.1. The number of aromatic nitrogens is 1. The lowest BCUT2D eigenvalue weighted by Crippen LogP contribution is -2.29. The van der Waals surface area contributed by atoms with Gasteiger partial charge in [0.1, 0.15) is 5.69 Å². The summed E-state index contributed by atoms with van der Waals surface area (Å²) in [6.07, 6.45) is 0.